The average molecular weight is 317 g/mol. The average Bonchev–Trinajstić information content (AvgIpc) is 2.31. The van der Waals surface area contributed by atoms with Crippen molar-refractivity contribution in [2.75, 3.05) is 20.1 Å². The molecule has 0 aromatic rings. The van der Waals surface area contributed by atoms with Gasteiger partial charge in [-0.2, -0.15) is 0 Å². The maximum atomic E-state index is 11.7. The fraction of sp³-hybridized carbons (Fsp3) is 0.692. The molecule has 0 aromatic carbocycles. The molecule has 0 aliphatic heterocycles. The summed E-state index contributed by atoms with van der Waals surface area (Å²) in [5.74, 6) is -2.29. The fourth-order valence-corrected chi connectivity index (χ4v) is 1.29. The minimum Gasteiger partial charge on any atom is -0.480 e. The number of likely N-dealkylation sites (N-methyl/N-ethyl adjacent to an activating group) is 1. The number of carbonyl (C=O) groups is 4. The summed E-state index contributed by atoms with van der Waals surface area (Å²) in [4.78, 5) is 46.2. The van der Waals surface area contributed by atoms with Gasteiger partial charge in [0.25, 0.3) is 0 Å². The first-order valence-corrected chi connectivity index (χ1v) is 6.65. The molecule has 0 fully saturated rings. The van der Waals surface area contributed by atoms with Gasteiger partial charge in [0.1, 0.15) is 18.2 Å². The van der Waals surface area contributed by atoms with Crippen molar-refractivity contribution < 1.29 is 29.0 Å². The Morgan fingerprint density at radius 3 is 2.23 bits per heavy atom. The highest BCUT2D eigenvalue weighted by Crippen LogP contribution is 2.06. The van der Waals surface area contributed by atoms with Gasteiger partial charge in [0, 0.05) is 7.05 Å². The summed E-state index contributed by atoms with van der Waals surface area (Å²) >= 11 is 0. The summed E-state index contributed by atoms with van der Waals surface area (Å²) < 4.78 is 5.00. The van der Waals surface area contributed by atoms with Crippen LogP contribution in [-0.2, 0) is 19.1 Å². The molecule has 3 amide bonds. The summed E-state index contributed by atoms with van der Waals surface area (Å²) in [7, 11) is 1.31. The summed E-state index contributed by atoms with van der Waals surface area (Å²) in [5, 5.41) is 13.2. The maximum absolute atomic E-state index is 11.7. The number of carboxylic acid groups (broad SMARTS) is 1. The number of ether oxygens (including phenoxy) is 1. The zero-order valence-electron chi connectivity index (χ0n) is 13.4. The van der Waals surface area contributed by atoms with E-state index in [-0.39, 0.29) is 6.54 Å². The molecule has 0 radical (unpaired) electrons. The number of nitrogens with zero attached hydrogens (tertiary/aromatic N) is 1. The van der Waals surface area contributed by atoms with Crippen molar-refractivity contribution in [3.63, 3.8) is 0 Å². The number of carboxylic acids is 1. The third-order valence-corrected chi connectivity index (χ3v) is 2.34. The van der Waals surface area contributed by atoms with Gasteiger partial charge in [-0.05, 0) is 27.7 Å². The zero-order chi connectivity index (χ0) is 17.5. The highest BCUT2D eigenvalue weighted by molar-refractivity contribution is 5.90. The van der Waals surface area contributed by atoms with Gasteiger partial charge in [0.15, 0.2) is 0 Å². The summed E-state index contributed by atoms with van der Waals surface area (Å²) in [5.41, 5.74) is -0.685. The van der Waals surface area contributed by atoms with E-state index in [1.54, 1.807) is 20.8 Å². The number of hydrogen-bond acceptors (Lipinski definition) is 5. The number of hydrogen-bond donors (Lipinski definition) is 3. The van der Waals surface area contributed by atoms with Crippen LogP contribution in [0.4, 0.5) is 4.79 Å². The van der Waals surface area contributed by atoms with Gasteiger partial charge >= 0.3 is 12.1 Å². The fourth-order valence-electron chi connectivity index (χ4n) is 1.29. The Kier molecular flexibility index (Phi) is 7.34. The van der Waals surface area contributed by atoms with Gasteiger partial charge in [-0.15, -0.1) is 0 Å². The predicted molar refractivity (Wildman–Crippen MR) is 77.1 cm³/mol. The monoisotopic (exact) mass is 317 g/mol. The number of nitrogens with one attached hydrogen (secondary N) is 2. The second kappa shape index (κ2) is 8.20. The lowest BCUT2D eigenvalue weighted by atomic mass is 10.2. The summed E-state index contributed by atoms with van der Waals surface area (Å²) in [6.07, 6.45) is -0.746. The van der Waals surface area contributed by atoms with Crippen molar-refractivity contribution in [1.29, 1.82) is 0 Å². The molecule has 0 heterocycles. The van der Waals surface area contributed by atoms with Crippen molar-refractivity contribution in [2.24, 2.45) is 0 Å². The molecule has 0 aromatic heterocycles. The standard InChI is InChI=1S/C13H23N3O6/c1-8(15-12(21)22-13(2,3)4)11(20)14-6-9(17)16(5)7-10(18)19/h8H,6-7H2,1-5H3,(H,14,20)(H,15,21)(H,18,19). The third-order valence-electron chi connectivity index (χ3n) is 2.34. The van der Waals surface area contributed by atoms with Crippen LogP contribution in [0.25, 0.3) is 0 Å². The van der Waals surface area contributed by atoms with Gasteiger partial charge in [-0.3, -0.25) is 14.4 Å². The predicted octanol–water partition coefficient (Wildman–Crippen LogP) is -0.441. The minimum absolute atomic E-state index is 0.358. The van der Waals surface area contributed by atoms with Crippen LogP contribution in [0.1, 0.15) is 27.7 Å². The second-order valence-corrected chi connectivity index (χ2v) is 5.73. The molecule has 0 aliphatic carbocycles. The highest BCUT2D eigenvalue weighted by atomic mass is 16.6. The van der Waals surface area contributed by atoms with Crippen LogP contribution in [-0.4, -0.2) is 65.7 Å². The Bertz CT molecular complexity index is 444. The number of amides is 3. The second-order valence-electron chi connectivity index (χ2n) is 5.73. The van der Waals surface area contributed by atoms with Gasteiger partial charge in [-0.1, -0.05) is 0 Å². The van der Waals surface area contributed by atoms with Gasteiger partial charge in [0.05, 0.1) is 6.54 Å². The largest absolute Gasteiger partial charge is 0.480 e. The Labute approximate surface area is 129 Å². The first kappa shape index (κ1) is 19.7. The number of rotatable bonds is 6. The van der Waals surface area contributed by atoms with Gasteiger partial charge in [-0.25, -0.2) is 4.79 Å². The van der Waals surface area contributed by atoms with Crippen molar-refractivity contribution in [2.45, 2.75) is 39.3 Å². The Morgan fingerprint density at radius 2 is 1.77 bits per heavy atom. The Balaban J connectivity index is 4.23. The SMILES string of the molecule is CC(NC(=O)OC(C)(C)C)C(=O)NCC(=O)N(C)CC(=O)O. The lowest BCUT2D eigenvalue weighted by molar-refractivity contribution is -0.143. The molecule has 3 N–H and O–H groups in total. The first-order chi connectivity index (χ1) is 9.92. The molecule has 0 aliphatic rings. The number of aliphatic carboxylic acids is 1. The first-order valence-electron chi connectivity index (χ1n) is 6.65. The van der Waals surface area contributed by atoms with E-state index in [2.05, 4.69) is 10.6 Å². The lowest BCUT2D eigenvalue weighted by Gasteiger charge is -2.22. The molecule has 9 nitrogen and oxygen atoms in total. The van der Waals surface area contributed by atoms with Gasteiger partial charge < -0.3 is 25.4 Å². The van der Waals surface area contributed by atoms with Crippen LogP contribution in [0, 0.1) is 0 Å². The summed E-state index contributed by atoms with van der Waals surface area (Å²) in [6.45, 7) is 5.69. The van der Waals surface area contributed by atoms with Crippen LogP contribution < -0.4 is 10.6 Å². The number of alkyl carbamates (subject to hydrolysis) is 1. The maximum Gasteiger partial charge on any atom is 0.408 e. The molecule has 1 unspecified atom stereocenters. The van der Waals surface area contributed by atoms with Crippen molar-refractivity contribution in [3.8, 4) is 0 Å². The van der Waals surface area contributed by atoms with Crippen LogP contribution >= 0.6 is 0 Å². The molecule has 126 valence electrons. The molecule has 22 heavy (non-hydrogen) atoms. The van der Waals surface area contributed by atoms with E-state index in [0.717, 1.165) is 4.90 Å². The number of carbonyl (C=O) groups excluding carboxylic acids is 3. The van der Waals surface area contributed by atoms with Crippen molar-refractivity contribution in [1.82, 2.24) is 15.5 Å². The third kappa shape index (κ3) is 8.77. The van der Waals surface area contributed by atoms with Crippen LogP contribution in [0.15, 0.2) is 0 Å². The van der Waals surface area contributed by atoms with E-state index < -0.39 is 42.1 Å². The smallest absolute Gasteiger partial charge is 0.408 e. The molecule has 0 rings (SSSR count). The van der Waals surface area contributed by atoms with E-state index in [1.165, 1.54) is 14.0 Å². The Morgan fingerprint density at radius 1 is 1.23 bits per heavy atom. The van der Waals surface area contributed by atoms with Gasteiger partial charge in [0.2, 0.25) is 11.8 Å². The van der Waals surface area contributed by atoms with E-state index in [0.29, 0.717) is 0 Å². The minimum atomic E-state index is -1.15. The summed E-state index contributed by atoms with van der Waals surface area (Å²) in [6, 6.07) is -0.896. The molecule has 0 saturated carbocycles. The van der Waals surface area contributed by atoms with Crippen LogP contribution in [0.2, 0.25) is 0 Å². The van der Waals surface area contributed by atoms with E-state index >= 15 is 0 Å². The van der Waals surface area contributed by atoms with Crippen LogP contribution in [0.5, 0.6) is 0 Å². The van der Waals surface area contributed by atoms with Crippen molar-refractivity contribution >= 4 is 23.9 Å². The quantitative estimate of drug-likeness (QED) is 0.610. The van der Waals surface area contributed by atoms with E-state index in [4.69, 9.17) is 9.84 Å². The molecule has 9 heteroatoms. The molecule has 0 spiro atoms. The Hall–Kier alpha value is -2.32. The topological polar surface area (TPSA) is 125 Å². The molecule has 0 bridgehead atoms. The van der Waals surface area contributed by atoms with E-state index in [9.17, 15) is 19.2 Å². The highest BCUT2D eigenvalue weighted by Gasteiger charge is 2.21. The lowest BCUT2D eigenvalue weighted by Crippen LogP contribution is -2.49. The molecule has 1 atom stereocenters. The normalized spacial score (nSPS) is 12.0. The molecular formula is C13H23N3O6. The van der Waals surface area contributed by atoms with E-state index in [1.807, 2.05) is 0 Å². The molecular weight excluding hydrogens is 294 g/mol. The molecule has 0 saturated heterocycles. The van der Waals surface area contributed by atoms with Crippen LogP contribution in [0.3, 0.4) is 0 Å². The van der Waals surface area contributed by atoms with Crippen molar-refractivity contribution in [3.05, 3.63) is 0 Å². The zero-order valence-corrected chi connectivity index (χ0v) is 13.4.